The van der Waals surface area contributed by atoms with Crippen molar-refractivity contribution in [3.8, 4) is 12.3 Å². The van der Waals surface area contributed by atoms with Gasteiger partial charge in [0, 0.05) is 32.5 Å². The van der Waals surface area contributed by atoms with Gasteiger partial charge in [-0.25, -0.2) is 0 Å². The molecular formula is C12H21NO2. The lowest BCUT2D eigenvalue weighted by Gasteiger charge is -2.20. The first kappa shape index (κ1) is 14.0. The largest absolute Gasteiger partial charge is 0.396 e. The number of hydrogen-bond donors (Lipinski definition) is 1. The van der Waals surface area contributed by atoms with Crippen molar-refractivity contribution in [2.75, 3.05) is 19.7 Å². The summed E-state index contributed by atoms with van der Waals surface area (Å²) >= 11 is 0. The fourth-order valence-electron chi connectivity index (χ4n) is 1.38. The van der Waals surface area contributed by atoms with E-state index in [1.54, 1.807) is 4.90 Å². The average Bonchev–Trinajstić information content (AvgIpc) is 2.25. The molecule has 0 saturated heterocycles. The number of carbonyl (C=O) groups is 1. The van der Waals surface area contributed by atoms with Crippen molar-refractivity contribution in [3.63, 3.8) is 0 Å². The zero-order valence-corrected chi connectivity index (χ0v) is 9.54. The highest BCUT2D eigenvalue weighted by Gasteiger charge is 2.09. The Morgan fingerprint density at radius 2 is 2.13 bits per heavy atom. The lowest BCUT2D eigenvalue weighted by atomic mass is 10.2. The molecule has 0 aromatic rings. The minimum absolute atomic E-state index is 0.140. The van der Waals surface area contributed by atoms with Gasteiger partial charge in [0.15, 0.2) is 0 Å². The molecule has 0 aromatic carbocycles. The summed E-state index contributed by atoms with van der Waals surface area (Å²) in [6.45, 7) is 3.46. The van der Waals surface area contributed by atoms with Gasteiger partial charge in [0.1, 0.15) is 0 Å². The Labute approximate surface area is 92.5 Å². The number of rotatable bonds is 8. The summed E-state index contributed by atoms with van der Waals surface area (Å²) in [6.07, 6.45) is 8.87. The second-order valence-electron chi connectivity index (χ2n) is 3.46. The zero-order chi connectivity index (χ0) is 11.5. The van der Waals surface area contributed by atoms with Crippen LogP contribution in [0.4, 0.5) is 0 Å². The molecule has 0 spiro atoms. The fourth-order valence-corrected chi connectivity index (χ4v) is 1.38. The van der Waals surface area contributed by atoms with Crippen molar-refractivity contribution in [2.24, 2.45) is 0 Å². The predicted molar refractivity (Wildman–Crippen MR) is 61.3 cm³/mol. The molecule has 0 aliphatic carbocycles. The van der Waals surface area contributed by atoms with E-state index in [2.05, 4.69) is 5.92 Å². The van der Waals surface area contributed by atoms with Gasteiger partial charge in [-0.1, -0.05) is 0 Å². The first-order valence-electron chi connectivity index (χ1n) is 5.58. The van der Waals surface area contributed by atoms with Crippen LogP contribution in [0.25, 0.3) is 0 Å². The Morgan fingerprint density at radius 3 is 2.67 bits per heavy atom. The quantitative estimate of drug-likeness (QED) is 0.487. The van der Waals surface area contributed by atoms with E-state index in [0.29, 0.717) is 25.9 Å². The molecule has 0 radical (unpaired) electrons. The molecule has 3 nitrogen and oxygen atoms in total. The van der Waals surface area contributed by atoms with Gasteiger partial charge < -0.3 is 10.0 Å². The van der Waals surface area contributed by atoms with Crippen LogP contribution in [0.1, 0.15) is 39.0 Å². The monoisotopic (exact) mass is 211 g/mol. The van der Waals surface area contributed by atoms with E-state index >= 15 is 0 Å². The standard InChI is InChI=1S/C12H21NO2/c1-3-5-6-7-9-12(15)13(4-2)10-8-11-14/h1,14H,4-11H2,2H3. The molecule has 0 aromatic heterocycles. The zero-order valence-electron chi connectivity index (χ0n) is 9.54. The second kappa shape index (κ2) is 9.54. The van der Waals surface area contributed by atoms with Crippen LogP contribution in [-0.2, 0) is 4.79 Å². The number of nitrogens with zero attached hydrogens (tertiary/aromatic N) is 1. The Balaban J connectivity index is 3.69. The molecule has 0 fully saturated rings. The van der Waals surface area contributed by atoms with Crippen molar-refractivity contribution in [3.05, 3.63) is 0 Å². The maximum Gasteiger partial charge on any atom is 0.222 e. The molecule has 0 bridgehead atoms. The van der Waals surface area contributed by atoms with E-state index in [1.165, 1.54) is 0 Å². The van der Waals surface area contributed by atoms with E-state index in [-0.39, 0.29) is 12.5 Å². The smallest absolute Gasteiger partial charge is 0.222 e. The van der Waals surface area contributed by atoms with Crippen LogP contribution in [0.3, 0.4) is 0 Å². The Morgan fingerprint density at radius 1 is 1.40 bits per heavy atom. The molecular weight excluding hydrogens is 190 g/mol. The Bertz CT molecular complexity index is 208. The lowest BCUT2D eigenvalue weighted by Crippen LogP contribution is -2.31. The van der Waals surface area contributed by atoms with E-state index in [4.69, 9.17) is 11.5 Å². The summed E-state index contributed by atoms with van der Waals surface area (Å²) < 4.78 is 0. The van der Waals surface area contributed by atoms with Crippen LogP contribution in [-0.4, -0.2) is 35.6 Å². The van der Waals surface area contributed by atoms with Crippen LogP contribution >= 0.6 is 0 Å². The topological polar surface area (TPSA) is 40.5 Å². The second-order valence-corrected chi connectivity index (χ2v) is 3.46. The summed E-state index contributed by atoms with van der Waals surface area (Å²) in [5, 5.41) is 8.68. The molecule has 0 aliphatic rings. The Hall–Kier alpha value is -1.01. The molecule has 0 heterocycles. The highest BCUT2D eigenvalue weighted by Crippen LogP contribution is 2.03. The van der Waals surface area contributed by atoms with Crippen LogP contribution in [0.15, 0.2) is 0 Å². The van der Waals surface area contributed by atoms with Crippen molar-refractivity contribution < 1.29 is 9.90 Å². The predicted octanol–water partition coefficient (Wildman–Crippen LogP) is 1.41. The van der Waals surface area contributed by atoms with Gasteiger partial charge >= 0.3 is 0 Å². The van der Waals surface area contributed by atoms with Gasteiger partial charge in [0.2, 0.25) is 5.91 Å². The first-order valence-corrected chi connectivity index (χ1v) is 5.58. The molecule has 1 N–H and O–H groups in total. The number of unbranched alkanes of at least 4 members (excludes halogenated alkanes) is 2. The Kier molecular flexibility index (Phi) is 8.90. The number of terminal acetylenes is 1. The molecule has 3 heteroatoms. The van der Waals surface area contributed by atoms with E-state index in [1.807, 2.05) is 6.92 Å². The molecule has 0 atom stereocenters. The third-order valence-electron chi connectivity index (χ3n) is 2.28. The van der Waals surface area contributed by atoms with Gasteiger partial charge in [-0.15, -0.1) is 12.3 Å². The summed E-state index contributed by atoms with van der Waals surface area (Å²) in [4.78, 5) is 13.4. The SMILES string of the molecule is C#CCCCCC(=O)N(CC)CCCO. The molecule has 0 saturated carbocycles. The normalized spacial score (nSPS) is 9.67. The molecule has 86 valence electrons. The molecule has 0 rings (SSSR count). The number of aliphatic hydroxyl groups is 1. The molecule has 1 amide bonds. The minimum atomic E-state index is 0.140. The van der Waals surface area contributed by atoms with Gasteiger partial charge in [0.05, 0.1) is 0 Å². The molecule has 15 heavy (non-hydrogen) atoms. The van der Waals surface area contributed by atoms with Crippen molar-refractivity contribution in [1.29, 1.82) is 0 Å². The summed E-state index contributed by atoms with van der Waals surface area (Å²) in [7, 11) is 0. The highest BCUT2D eigenvalue weighted by atomic mass is 16.3. The maximum absolute atomic E-state index is 11.6. The minimum Gasteiger partial charge on any atom is -0.396 e. The fraction of sp³-hybridized carbons (Fsp3) is 0.750. The van der Waals surface area contributed by atoms with Crippen LogP contribution in [0, 0.1) is 12.3 Å². The average molecular weight is 211 g/mol. The first-order chi connectivity index (χ1) is 7.26. The highest BCUT2D eigenvalue weighted by molar-refractivity contribution is 5.76. The number of carbonyl (C=O) groups excluding carboxylic acids is 1. The van der Waals surface area contributed by atoms with E-state index in [0.717, 1.165) is 19.3 Å². The van der Waals surface area contributed by atoms with Crippen molar-refractivity contribution >= 4 is 5.91 Å². The van der Waals surface area contributed by atoms with Crippen LogP contribution in [0.5, 0.6) is 0 Å². The van der Waals surface area contributed by atoms with Gasteiger partial charge in [-0.3, -0.25) is 4.79 Å². The number of hydrogen-bond acceptors (Lipinski definition) is 2. The van der Waals surface area contributed by atoms with Gasteiger partial charge in [-0.2, -0.15) is 0 Å². The van der Waals surface area contributed by atoms with Crippen LogP contribution in [0.2, 0.25) is 0 Å². The number of amides is 1. The molecule has 0 unspecified atom stereocenters. The van der Waals surface area contributed by atoms with Crippen molar-refractivity contribution in [1.82, 2.24) is 4.90 Å². The maximum atomic E-state index is 11.6. The molecule has 0 aliphatic heterocycles. The van der Waals surface area contributed by atoms with Gasteiger partial charge in [-0.05, 0) is 26.2 Å². The van der Waals surface area contributed by atoms with E-state index in [9.17, 15) is 4.79 Å². The summed E-state index contributed by atoms with van der Waals surface area (Å²) in [6, 6.07) is 0. The lowest BCUT2D eigenvalue weighted by molar-refractivity contribution is -0.131. The third kappa shape index (κ3) is 6.98. The summed E-state index contributed by atoms with van der Waals surface area (Å²) in [5.41, 5.74) is 0. The van der Waals surface area contributed by atoms with Crippen molar-refractivity contribution in [2.45, 2.75) is 39.0 Å². The van der Waals surface area contributed by atoms with E-state index < -0.39 is 0 Å². The number of aliphatic hydroxyl groups excluding tert-OH is 1. The van der Waals surface area contributed by atoms with Gasteiger partial charge in [0.25, 0.3) is 0 Å². The van der Waals surface area contributed by atoms with Crippen LogP contribution < -0.4 is 0 Å². The summed E-state index contributed by atoms with van der Waals surface area (Å²) in [5.74, 6) is 2.73. The third-order valence-corrected chi connectivity index (χ3v) is 2.28.